The highest BCUT2D eigenvalue weighted by Gasteiger charge is 2.36. The van der Waals surface area contributed by atoms with Crippen LogP contribution >= 0.6 is 0 Å². The molecule has 0 saturated carbocycles. The number of aliphatic hydroxyl groups is 1. The van der Waals surface area contributed by atoms with Crippen LogP contribution in [0.25, 0.3) is 0 Å². The molecule has 0 fully saturated rings. The Labute approximate surface area is 129 Å². The van der Waals surface area contributed by atoms with Crippen molar-refractivity contribution in [3.8, 4) is 0 Å². The highest BCUT2D eigenvalue weighted by molar-refractivity contribution is 5.36. The first-order chi connectivity index (χ1) is 10.4. The number of hydrogen-bond acceptors (Lipinski definition) is 3. The summed E-state index contributed by atoms with van der Waals surface area (Å²) >= 11 is 0. The summed E-state index contributed by atoms with van der Waals surface area (Å²) in [6.45, 7) is 2.82. The fraction of sp³-hybridized carbons (Fsp3) is 0.625. The fourth-order valence-corrected chi connectivity index (χ4v) is 3.14. The van der Waals surface area contributed by atoms with E-state index in [9.17, 15) is 13.2 Å². The zero-order chi connectivity index (χ0) is 16.2. The molecule has 6 heteroatoms. The molecular formula is C16H23F3N2O. The zero-order valence-corrected chi connectivity index (χ0v) is 12.8. The van der Waals surface area contributed by atoms with Crippen molar-refractivity contribution in [1.29, 1.82) is 0 Å². The fourth-order valence-electron chi connectivity index (χ4n) is 3.14. The van der Waals surface area contributed by atoms with E-state index in [-0.39, 0.29) is 12.6 Å². The number of nitrogens with one attached hydrogen (secondary N) is 1. The Morgan fingerprint density at radius 2 is 2.14 bits per heavy atom. The molecule has 0 aliphatic carbocycles. The Morgan fingerprint density at radius 3 is 2.77 bits per heavy atom. The number of halogens is 3. The molecule has 1 aliphatic rings. The summed E-state index contributed by atoms with van der Waals surface area (Å²) in [6.07, 6.45) is -2.83. The van der Waals surface area contributed by atoms with Gasteiger partial charge in [0.15, 0.2) is 0 Å². The summed E-state index contributed by atoms with van der Waals surface area (Å²) in [5.41, 5.74) is 3.27. The quantitative estimate of drug-likeness (QED) is 0.792. The van der Waals surface area contributed by atoms with Crippen LogP contribution in [0.4, 0.5) is 13.2 Å². The smallest absolute Gasteiger partial charge is 0.395 e. The molecule has 0 radical (unpaired) electrons. The molecule has 1 unspecified atom stereocenters. The predicted molar refractivity (Wildman–Crippen MR) is 79.6 cm³/mol. The number of aliphatic hydroxyl groups excluding tert-OH is 1. The molecule has 1 aliphatic heterocycles. The van der Waals surface area contributed by atoms with Crippen LogP contribution in [0.15, 0.2) is 18.2 Å². The zero-order valence-electron chi connectivity index (χ0n) is 12.8. The number of benzene rings is 1. The van der Waals surface area contributed by atoms with Crippen molar-refractivity contribution in [2.24, 2.45) is 0 Å². The second-order valence-corrected chi connectivity index (χ2v) is 5.69. The summed E-state index contributed by atoms with van der Waals surface area (Å²) in [6, 6.07) is 5.84. The number of fused-ring (bicyclic) bond motifs is 1. The summed E-state index contributed by atoms with van der Waals surface area (Å²) < 4.78 is 38.1. The number of rotatable bonds is 6. The van der Waals surface area contributed by atoms with Crippen LogP contribution in [-0.4, -0.2) is 42.4 Å². The Kier molecular flexibility index (Phi) is 5.83. The van der Waals surface area contributed by atoms with Crippen molar-refractivity contribution in [3.63, 3.8) is 0 Å². The lowest BCUT2D eigenvalue weighted by molar-refractivity contribution is -0.152. The van der Waals surface area contributed by atoms with Gasteiger partial charge in [0, 0.05) is 25.7 Å². The van der Waals surface area contributed by atoms with Gasteiger partial charge in [0.05, 0.1) is 13.2 Å². The van der Waals surface area contributed by atoms with Gasteiger partial charge in [0.1, 0.15) is 0 Å². The summed E-state index contributed by atoms with van der Waals surface area (Å²) in [5.74, 6) is 0. The minimum atomic E-state index is -4.15. The van der Waals surface area contributed by atoms with Crippen LogP contribution in [0, 0.1) is 0 Å². The predicted octanol–water partition coefficient (Wildman–Crippen LogP) is 2.64. The molecule has 0 spiro atoms. The lowest BCUT2D eigenvalue weighted by Gasteiger charge is -2.37. The van der Waals surface area contributed by atoms with Gasteiger partial charge in [0.25, 0.3) is 0 Å². The number of hydrogen-bond donors (Lipinski definition) is 2. The van der Waals surface area contributed by atoms with E-state index in [4.69, 9.17) is 5.11 Å². The first-order valence-electron chi connectivity index (χ1n) is 7.68. The second kappa shape index (κ2) is 7.44. The van der Waals surface area contributed by atoms with E-state index in [0.717, 1.165) is 16.7 Å². The first kappa shape index (κ1) is 17.2. The molecule has 0 aromatic heterocycles. The average Bonchev–Trinajstić information content (AvgIpc) is 2.46. The van der Waals surface area contributed by atoms with E-state index in [1.54, 1.807) is 0 Å². The van der Waals surface area contributed by atoms with E-state index in [0.29, 0.717) is 32.5 Å². The van der Waals surface area contributed by atoms with E-state index in [2.05, 4.69) is 11.4 Å². The van der Waals surface area contributed by atoms with Crippen LogP contribution in [-0.2, 0) is 13.0 Å². The summed E-state index contributed by atoms with van der Waals surface area (Å²) in [4.78, 5) is 1.53. The standard InChI is InChI=1S/C16H23F3N2O/c1-2-15-14-4-3-12(10-20-6-8-22)9-13(14)5-7-21(15)11-16(17,18)19/h3-4,9,15,20,22H,2,5-8,10-11H2,1H3. The normalized spacial score (nSPS) is 19.2. The van der Waals surface area contributed by atoms with Crippen LogP contribution < -0.4 is 5.32 Å². The topological polar surface area (TPSA) is 35.5 Å². The van der Waals surface area contributed by atoms with Gasteiger partial charge in [-0.25, -0.2) is 0 Å². The van der Waals surface area contributed by atoms with Gasteiger partial charge in [-0.15, -0.1) is 0 Å². The lowest BCUT2D eigenvalue weighted by Crippen LogP contribution is -2.41. The van der Waals surface area contributed by atoms with Crippen molar-refractivity contribution >= 4 is 0 Å². The van der Waals surface area contributed by atoms with Gasteiger partial charge in [0.2, 0.25) is 0 Å². The van der Waals surface area contributed by atoms with Gasteiger partial charge < -0.3 is 10.4 Å². The van der Waals surface area contributed by atoms with Gasteiger partial charge in [-0.05, 0) is 29.5 Å². The molecule has 1 aromatic carbocycles. The van der Waals surface area contributed by atoms with Crippen molar-refractivity contribution < 1.29 is 18.3 Å². The second-order valence-electron chi connectivity index (χ2n) is 5.69. The SMILES string of the molecule is CCC1c2ccc(CNCCO)cc2CCN1CC(F)(F)F. The van der Waals surface area contributed by atoms with Gasteiger partial charge in [-0.1, -0.05) is 25.1 Å². The molecule has 0 saturated heterocycles. The van der Waals surface area contributed by atoms with Crippen molar-refractivity contribution in [3.05, 3.63) is 34.9 Å². The molecule has 1 heterocycles. The number of nitrogens with zero attached hydrogens (tertiary/aromatic N) is 1. The lowest BCUT2D eigenvalue weighted by atomic mass is 9.89. The maximum Gasteiger partial charge on any atom is 0.401 e. The van der Waals surface area contributed by atoms with E-state index < -0.39 is 12.7 Å². The third kappa shape index (κ3) is 4.44. The monoisotopic (exact) mass is 316 g/mol. The summed E-state index contributed by atoms with van der Waals surface area (Å²) in [7, 11) is 0. The molecule has 2 N–H and O–H groups in total. The van der Waals surface area contributed by atoms with Gasteiger partial charge >= 0.3 is 6.18 Å². The highest BCUT2D eigenvalue weighted by Crippen LogP contribution is 2.34. The van der Waals surface area contributed by atoms with Crippen LogP contribution in [0.5, 0.6) is 0 Å². The Balaban J connectivity index is 2.12. The van der Waals surface area contributed by atoms with Crippen LogP contribution in [0.2, 0.25) is 0 Å². The maximum absolute atomic E-state index is 12.7. The maximum atomic E-state index is 12.7. The molecule has 22 heavy (non-hydrogen) atoms. The molecular weight excluding hydrogens is 293 g/mol. The molecule has 1 aromatic rings. The minimum Gasteiger partial charge on any atom is -0.395 e. The summed E-state index contributed by atoms with van der Waals surface area (Å²) in [5, 5.41) is 11.9. The van der Waals surface area contributed by atoms with Gasteiger partial charge in [-0.2, -0.15) is 13.2 Å². The van der Waals surface area contributed by atoms with Crippen LogP contribution in [0.3, 0.4) is 0 Å². The largest absolute Gasteiger partial charge is 0.401 e. The molecule has 0 amide bonds. The Hall–Kier alpha value is -1.11. The molecule has 3 nitrogen and oxygen atoms in total. The molecule has 0 bridgehead atoms. The third-order valence-electron chi connectivity index (χ3n) is 4.06. The minimum absolute atomic E-state index is 0.0925. The molecule has 1 atom stereocenters. The van der Waals surface area contributed by atoms with E-state index >= 15 is 0 Å². The Bertz CT molecular complexity index is 491. The van der Waals surface area contributed by atoms with E-state index in [1.165, 1.54) is 4.90 Å². The van der Waals surface area contributed by atoms with Crippen molar-refractivity contribution in [1.82, 2.24) is 10.2 Å². The molecule has 124 valence electrons. The average molecular weight is 316 g/mol. The number of alkyl halides is 3. The van der Waals surface area contributed by atoms with Gasteiger partial charge in [-0.3, -0.25) is 4.90 Å². The highest BCUT2D eigenvalue weighted by atomic mass is 19.4. The Morgan fingerprint density at radius 1 is 1.36 bits per heavy atom. The molecule has 2 rings (SSSR count). The van der Waals surface area contributed by atoms with Crippen molar-refractivity contribution in [2.75, 3.05) is 26.2 Å². The third-order valence-corrected chi connectivity index (χ3v) is 4.06. The van der Waals surface area contributed by atoms with Crippen LogP contribution in [0.1, 0.15) is 36.1 Å². The van der Waals surface area contributed by atoms with Crippen molar-refractivity contribution in [2.45, 2.75) is 38.5 Å². The first-order valence-corrected chi connectivity index (χ1v) is 7.68. The van der Waals surface area contributed by atoms with E-state index in [1.807, 2.05) is 19.1 Å².